The highest BCUT2D eigenvalue weighted by atomic mass is 28.2. The molecule has 13 heavy (non-hydrogen) atoms. The fourth-order valence-electron chi connectivity index (χ4n) is 1.22. The monoisotopic (exact) mass is 193 g/mol. The highest BCUT2D eigenvalue weighted by molar-refractivity contribution is 6.35. The topological polar surface area (TPSA) is 4.93 Å². The maximum absolute atomic E-state index is 2.31. The van der Waals surface area contributed by atoms with Gasteiger partial charge in [0.05, 0.1) is 0 Å². The lowest BCUT2D eigenvalue weighted by Crippen LogP contribution is -2.11. The molecule has 2 radical (unpaired) electrons. The molecular weight excluding hydrogens is 174 g/mol. The zero-order valence-electron chi connectivity index (χ0n) is 9.26. The van der Waals surface area contributed by atoms with Crippen LogP contribution in [0.2, 0.25) is 5.54 Å². The first kappa shape index (κ1) is 10.6. The molecule has 1 aromatic heterocycles. The van der Waals surface area contributed by atoms with E-state index in [0.29, 0.717) is 0 Å². The molecular formula is C11H19NSi. The Hall–Kier alpha value is -0.503. The van der Waals surface area contributed by atoms with Crippen LogP contribution in [0.5, 0.6) is 0 Å². The molecule has 0 aromatic carbocycles. The smallest absolute Gasteiger partial charge is 0.188 e. The third-order valence-electron chi connectivity index (χ3n) is 1.97. The predicted octanol–water partition coefficient (Wildman–Crippen LogP) is 3.08. The second-order valence-corrected chi connectivity index (χ2v) is 6.77. The number of rotatable bonds is 2. The van der Waals surface area contributed by atoms with Crippen LogP contribution in [0.1, 0.15) is 40.2 Å². The maximum atomic E-state index is 2.31. The van der Waals surface area contributed by atoms with Gasteiger partial charge in [0.25, 0.3) is 0 Å². The maximum Gasteiger partial charge on any atom is 0.188 e. The molecule has 0 aliphatic heterocycles. The van der Waals surface area contributed by atoms with E-state index in [1.54, 1.807) is 0 Å². The number of aromatic nitrogens is 1. The van der Waals surface area contributed by atoms with Crippen molar-refractivity contribution in [3.05, 3.63) is 24.0 Å². The molecule has 1 nitrogen and oxygen atoms in total. The number of hydrogen-bond donors (Lipinski definition) is 0. The van der Waals surface area contributed by atoms with Crippen LogP contribution in [-0.4, -0.2) is 13.9 Å². The van der Waals surface area contributed by atoms with Crippen molar-refractivity contribution in [1.29, 1.82) is 0 Å². The summed E-state index contributed by atoms with van der Waals surface area (Å²) in [6, 6.07) is 2.23. The molecule has 0 aliphatic rings. The minimum absolute atomic E-state index is 0.284. The Morgan fingerprint density at radius 3 is 2.31 bits per heavy atom. The fraction of sp³-hybridized carbons (Fsp3) is 0.636. The molecule has 0 N–H and O–H groups in total. The summed E-state index contributed by atoms with van der Waals surface area (Å²) in [6.07, 6.45) is 4.47. The molecule has 0 bridgehead atoms. The molecule has 2 heteroatoms. The van der Waals surface area contributed by atoms with Crippen molar-refractivity contribution in [2.24, 2.45) is 0 Å². The van der Waals surface area contributed by atoms with Gasteiger partial charge in [0.2, 0.25) is 0 Å². The largest absolute Gasteiger partial charge is 0.381 e. The Morgan fingerprint density at radius 1 is 1.31 bits per heavy atom. The molecule has 0 aliphatic carbocycles. The Kier molecular flexibility index (Phi) is 3.01. The summed E-state index contributed by atoms with van der Waals surface area (Å²) < 4.78 is 2.31. The van der Waals surface area contributed by atoms with Crippen LogP contribution in [0.15, 0.2) is 18.5 Å². The van der Waals surface area contributed by atoms with E-state index < -0.39 is 0 Å². The molecule has 1 rings (SSSR count). The minimum Gasteiger partial charge on any atom is -0.381 e. The van der Waals surface area contributed by atoms with Gasteiger partial charge in [0.1, 0.15) is 0 Å². The average Bonchev–Trinajstić information content (AvgIpc) is 2.32. The normalized spacial score (nSPS) is 12.5. The van der Waals surface area contributed by atoms with Crippen molar-refractivity contribution in [2.45, 2.75) is 45.6 Å². The Morgan fingerprint density at radius 2 is 1.92 bits per heavy atom. The van der Waals surface area contributed by atoms with Crippen molar-refractivity contribution in [3.8, 4) is 0 Å². The van der Waals surface area contributed by atoms with Gasteiger partial charge in [-0.1, -0.05) is 34.6 Å². The second-order valence-electron chi connectivity index (χ2n) is 4.84. The molecule has 0 atom stereocenters. The van der Waals surface area contributed by atoms with Crippen LogP contribution in [0.25, 0.3) is 0 Å². The molecule has 1 heterocycles. The first-order valence-electron chi connectivity index (χ1n) is 4.84. The molecule has 0 amide bonds. The van der Waals surface area contributed by atoms with E-state index in [-0.39, 0.29) is 5.41 Å². The molecule has 0 unspecified atom stereocenters. The van der Waals surface area contributed by atoms with Gasteiger partial charge in [0.15, 0.2) is 9.68 Å². The van der Waals surface area contributed by atoms with Gasteiger partial charge >= 0.3 is 0 Å². The van der Waals surface area contributed by atoms with Gasteiger partial charge in [-0.05, 0) is 35.0 Å². The summed E-state index contributed by atoms with van der Waals surface area (Å²) >= 11 is 0. The molecule has 0 spiro atoms. The van der Waals surface area contributed by atoms with Gasteiger partial charge in [-0.3, -0.25) is 0 Å². The van der Waals surface area contributed by atoms with Crippen LogP contribution in [0, 0.1) is 0 Å². The first-order valence-corrected chi connectivity index (χ1v) is 5.87. The summed E-state index contributed by atoms with van der Waals surface area (Å²) in [6.45, 7) is 11.3. The van der Waals surface area contributed by atoms with Crippen molar-refractivity contribution in [1.82, 2.24) is 4.23 Å². The highest BCUT2D eigenvalue weighted by Gasteiger charge is 2.14. The van der Waals surface area contributed by atoms with Crippen molar-refractivity contribution >= 4 is 9.68 Å². The van der Waals surface area contributed by atoms with Gasteiger partial charge in [-0.25, -0.2) is 0 Å². The molecule has 0 fully saturated rings. The zero-order chi connectivity index (χ0) is 10.1. The van der Waals surface area contributed by atoms with E-state index in [4.69, 9.17) is 0 Å². The fourth-order valence-corrected chi connectivity index (χ4v) is 2.19. The van der Waals surface area contributed by atoms with Crippen LogP contribution in [0.4, 0.5) is 0 Å². The Bertz CT molecular complexity index is 268. The van der Waals surface area contributed by atoms with Gasteiger partial charge in [-0.2, -0.15) is 0 Å². The van der Waals surface area contributed by atoms with Crippen LogP contribution >= 0.6 is 0 Å². The van der Waals surface area contributed by atoms with E-state index in [1.165, 1.54) is 5.56 Å². The number of hydrogen-bond acceptors (Lipinski definition) is 0. The predicted molar refractivity (Wildman–Crippen MR) is 59.4 cm³/mol. The van der Waals surface area contributed by atoms with Gasteiger partial charge < -0.3 is 4.23 Å². The van der Waals surface area contributed by atoms with E-state index in [2.05, 4.69) is 57.3 Å². The summed E-state index contributed by atoms with van der Waals surface area (Å²) in [5.41, 5.74) is 2.47. The van der Waals surface area contributed by atoms with E-state index in [9.17, 15) is 0 Å². The van der Waals surface area contributed by atoms with E-state index in [1.807, 2.05) is 0 Å². The van der Waals surface area contributed by atoms with Crippen molar-refractivity contribution < 1.29 is 0 Å². The SMILES string of the molecule is CC(C)[Si]n1ccc(C(C)(C)C)c1. The highest BCUT2D eigenvalue weighted by Crippen LogP contribution is 2.22. The number of nitrogens with zero attached hydrogens (tertiary/aromatic N) is 1. The van der Waals surface area contributed by atoms with Gasteiger partial charge in [-0.15, -0.1) is 0 Å². The lowest BCUT2D eigenvalue weighted by atomic mass is 9.89. The van der Waals surface area contributed by atoms with Crippen LogP contribution < -0.4 is 0 Å². The summed E-state index contributed by atoms with van der Waals surface area (Å²) in [4.78, 5) is 0. The average molecular weight is 193 g/mol. The molecule has 1 aromatic rings. The van der Waals surface area contributed by atoms with E-state index >= 15 is 0 Å². The third kappa shape index (κ3) is 3.03. The van der Waals surface area contributed by atoms with E-state index in [0.717, 1.165) is 15.2 Å². The van der Waals surface area contributed by atoms with Crippen molar-refractivity contribution in [3.63, 3.8) is 0 Å². The standard InChI is InChI=1S/C11H19NSi/c1-9(2)13-12-7-6-10(8-12)11(3,4)5/h6-9H,1-5H3. The summed E-state index contributed by atoms with van der Waals surface area (Å²) in [5, 5.41) is 0. The summed E-state index contributed by atoms with van der Waals surface area (Å²) in [5.74, 6) is 0. The minimum atomic E-state index is 0.284. The summed E-state index contributed by atoms with van der Waals surface area (Å²) in [7, 11) is 0.877. The lowest BCUT2D eigenvalue weighted by Gasteiger charge is -2.16. The lowest BCUT2D eigenvalue weighted by molar-refractivity contribution is 0.590. The van der Waals surface area contributed by atoms with Crippen LogP contribution in [0.3, 0.4) is 0 Å². The Labute approximate surface area is 84.1 Å². The molecule has 0 saturated carbocycles. The quantitative estimate of drug-likeness (QED) is 0.636. The molecule has 0 saturated heterocycles. The second kappa shape index (κ2) is 3.70. The van der Waals surface area contributed by atoms with Gasteiger partial charge in [0, 0.05) is 0 Å². The zero-order valence-corrected chi connectivity index (χ0v) is 10.3. The Balaban J connectivity index is 2.75. The van der Waals surface area contributed by atoms with Crippen LogP contribution in [-0.2, 0) is 5.41 Å². The third-order valence-corrected chi connectivity index (χ3v) is 3.06. The first-order chi connectivity index (χ1) is 5.89. The molecule has 72 valence electrons. The van der Waals surface area contributed by atoms with Crippen molar-refractivity contribution in [2.75, 3.05) is 0 Å².